The molecule has 0 radical (unpaired) electrons. The molecule has 1 aliphatic carbocycles. The summed E-state index contributed by atoms with van der Waals surface area (Å²) in [6.07, 6.45) is 9.42. The van der Waals surface area contributed by atoms with Crippen LogP contribution in [0.5, 0.6) is 0 Å². The van der Waals surface area contributed by atoms with Crippen LogP contribution in [0.3, 0.4) is 0 Å². The number of para-hydroxylation sites is 1. The highest BCUT2D eigenvalue weighted by molar-refractivity contribution is 6.07. The molecule has 0 spiro atoms. The van der Waals surface area contributed by atoms with E-state index < -0.39 is 0 Å². The molecule has 1 fully saturated rings. The first-order valence-electron chi connectivity index (χ1n) is 10.1. The molecule has 0 unspecified atom stereocenters. The zero-order valence-corrected chi connectivity index (χ0v) is 16.7. The van der Waals surface area contributed by atoms with Crippen LogP contribution in [0.2, 0.25) is 0 Å². The van der Waals surface area contributed by atoms with E-state index >= 15 is 0 Å². The van der Waals surface area contributed by atoms with Gasteiger partial charge in [0.15, 0.2) is 0 Å². The highest BCUT2D eigenvalue weighted by atomic mass is 16.2. The number of fused-ring (bicyclic) bond motifs is 1. The number of carbonyl (C=O) groups excluding carboxylic acids is 1. The maximum atomic E-state index is 13.3. The van der Waals surface area contributed by atoms with Gasteiger partial charge in [0.1, 0.15) is 5.82 Å². The number of pyridine rings is 2. The fourth-order valence-electron chi connectivity index (χ4n) is 3.56. The maximum Gasteiger partial charge on any atom is 0.254 e. The van der Waals surface area contributed by atoms with E-state index in [0.29, 0.717) is 23.7 Å². The molecule has 0 saturated heterocycles. The molecule has 6 nitrogen and oxygen atoms in total. The third-order valence-electron chi connectivity index (χ3n) is 5.37. The van der Waals surface area contributed by atoms with Crippen molar-refractivity contribution < 1.29 is 4.79 Å². The van der Waals surface area contributed by atoms with Gasteiger partial charge in [-0.1, -0.05) is 18.2 Å². The first-order valence-corrected chi connectivity index (χ1v) is 10.1. The van der Waals surface area contributed by atoms with Crippen LogP contribution < -0.4 is 0 Å². The summed E-state index contributed by atoms with van der Waals surface area (Å²) in [4.78, 5) is 32.9. The Hall–Kier alpha value is -3.67. The van der Waals surface area contributed by atoms with E-state index in [1.165, 1.54) is 0 Å². The summed E-state index contributed by atoms with van der Waals surface area (Å²) >= 11 is 0. The summed E-state index contributed by atoms with van der Waals surface area (Å²) in [5.74, 6) is 1.35. The van der Waals surface area contributed by atoms with Crippen molar-refractivity contribution in [3.05, 3.63) is 84.2 Å². The van der Waals surface area contributed by atoms with Crippen LogP contribution in [0, 0.1) is 0 Å². The Balaban J connectivity index is 1.52. The van der Waals surface area contributed by atoms with E-state index in [-0.39, 0.29) is 5.91 Å². The summed E-state index contributed by atoms with van der Waals surface area (Å²) in [7, 11) is 1.81. The second-order valence-electron chi connectivity index (χ2n) is 7.69. The molecule has 148 valence electrons. The lowest BCUT2D eigenvalue weighted by Gasteiger charge is -2.19. The molecule has 1 amide bonds. The van der Waals surface area contributed by atoms with Crippen molar-refractivity contribution in [1.29, 1.82) is 0 Å². The molecule has 3 heterocycles. The van der Waals surface area contributed by atoms with Gasteiger partial charge < -0.3 is 4.90 Å². The molecule has 30 heavy (non-hydrogen) atoms. The van der Waals surface area contributed by atoms with Crippen LogP contribution in [0.4, 0.5) is 0 Å². The minimum absolute atomic E-state index is 0.0535. The molecule has 0 bridgehead atoms. The van der Waals surface area contributed by atoms with E-state index in [1.807, 2.05) is 61.9 Å². The quantitative estimate of drug-likeness (QED) is 0.505. The summed E-state index contributed by atoms with van der Waals surface area (Å²) in [6.45, 7) is 0.506. The summed E-state index contributed by atoms with van der Waals surface area (Å²) in [5, 5.41) is 0.836. The minimum Gasteiger partial charge on any atom is -0.337 e. The van der Waals surface area contributed by atoms with Gasteiger partial charge in [0.05, 0.1) is 16.8 Å². The predicted octanol–water partition coefficient (Wildman–Crippen LogP) is 4.24. The SMILES string of the molecule is CN(Cc1ccncc1)C(=O)c1cc(-c2cnc(C3CC3)nc2)nc2ccccc12. The van der Waals surface area contributed by atoms with E-state index in [4.69, 9.17) is 4.98 Å². The van der Waals surface area contributed by atoms with E-state index in [2.05, 4.69) is 15.0 Å². The fourth-order valence-corrected chi connectivity index (χ4v) is 3.56. The van der Waals surface area contributed by atoms with Crippen molar-refractivity contribution in [1.82, 2.24) is 24.8 Å². The molecular formula is C24H21N5O. The Morgan fingerprint density at radius 2 is 1.80 bits per heavy atom. The van der Waals surface area contributed by atoms with Crippen molar-refractivity contribution in [3.8, 4) is 11.3 Å². The van der Waals surface area contributed by atoms with Crippen LogP contribution in [-0.2, 0) is 6.54 Å². The number of hydrogen-bond acceptors (Lipinski definition) is 5. The molecule has 1 aliphatic rings. The largest absolute Gasteiger partial charge is 0.337 e. The van der Waals surface area contributed by atoms with E-state index in [9.17, 15) is 4.79 Å². The topological polar surface area (TPSA) is 71.9 Å². The molecule has 3 aromatic heterocycles. The molecule has 0 atom stereocenters. The molecule has 4 aromatic rings. The van der Waals surface area contributed by atoms with Crippen LogP contribution in [0.1, 0.15) is 40.5 Å². The van der Waals surface area contributed by atoms with Gasteiger partial charge in [-0.3, -0.25) is 9.78 Å². The third kappa shape index (κ3) is 3.64. The van der Waals surface area contributed by atoms with Gasteiger partial charge >= 0.3 is 0 Å². The molecule has 0 N–H and O–H groups in total. The Bertz CT molecular complexity index is 1200. The van der Waals surface area contributed by atoms with Crippen LogP contribution >= 0.6 is 0 Å². The Kier molecular flexibility index (Phi) is 4.67. The van der Waals surface area contributed by atoms with Gasteiger partial charge in [-0.2, -0.15) is 0 Å². The lowest BCUT2D eigenvalue weighted by Crippen LogP contribution is -2.26. The van der Waals surface area contributed by atoms with Crippen molar-refractivity contribution in [2.75, 3.05) is 7.05 Å². The van der Waals surface area contributed by atoms with Gasteiger partial charge in [0.25, 0.3) is 5.91 Å². The number of benzene rings is 1. The highest BCUT2D eigenvalue weighted by Crippen LogP contribution is 2.38. The smallest absolute Gasteiger partial charge is 0.254 e. The van der Waals surface area contributed by atoms with Gasteiger partial charge in [-0.05, 0) is 42.7 Å². The lowest BCUT2D eigenvalue weighted by molar-refractivity contribution is 0.0787. The Morgan fingerprint density at radius 3 is 2.53 bits per heavy atom. The molecule has 0 aliphatic heterocycles. The average molecular weight is 395 g/mol. The van der Waals surface area contributed by atoms with Crippen LogP contribution in [0.15, 0.2) is 67.3 Å². The normalized spacial score (nSPS) is 13.4. The van der Waals surface area contributed by atoms with E-state index in [0.717, 1.165) is 40.7 Å². The number of nitrogens with zero attached hydrogens (tertiary/aromatic N) is 5. The van der Waals surface area contributed by atoms with E-state index in [1.54, 1.807) is 17.3 Å². The van der Waals surface area contributed by atoms with Crippen LogP contribution in [0.25, 0.3) is 22.2 Å². The monoisotopic (exact) mass is 395 g/mol. The number of amides is 1. The second-order valence-corrected chi connectivity index (χ2v) is 7.69. The second kappa shape index (κ2) is 7.63. The average Bonchev–Trinajstić information content (AvgIpc) is 3.64. The summed E-state index contributed by atoms with van der Waals surface area (Å²) < 4.78 is 0. The fraction of sp³-hybridized carbons (Fsp3) is 0.208. The molecule has 1 saturated carbocycles. The van der Waals surface area contributed by atoms with Crippen molar-refractivity contribution in [2.45, 2.75) is 25.3 Å². The number of hydrogen-bond donors (Lipinski definition) is 0. The maximum absolute atomic E-state index is 13.3. The predicted molar refractivity (Wildman–Crippen MR) is 115 cm³/mol. The zero-order chi connectivity index (χ0) is 20.5. The van der Waals surface area contributed by atoms with Gasteiger partial charge in [0.2, 0.25) is 0 Å². The standard InChI is InChI=1S/C24H21N5O/c1-29(15-16-8-10-25-11-9-16)24(30)20-12-22(28-21-5-3-2-4-19(20)21)18-13-26-23(27-14-18)17-6-7-17/h2-5,8-14,17H,6-7,15H2,1H3. The van der Waals surface area contributed by atoms with Crippen molar-refractivity contribution in [3.63, 3.8) is 0 Å². The first-order chi connectivity index (χ1) is 14.7. The van der Waals surface area contributed by atoms with Gasteiger partial charge in [0, 0.05) is 55.2 Å². The highest BCUT2D eigenvalue weighted by Gasteiger charge is 2.26. The Morgan fingerprint density at radius 1 is 1.07 bits per heavy atom. The number of aromatic nitrogens is 4. The molecule has 5 rings (SSSR count). The van der Waals surface area contributed by atoms with Gasteiger partial charge in [-0.15, -0.1) is 0 Å². The van der Waals surface area contributed by atoms with Gasteiger partial charge in [-0.25, -0.2) is 15.0 Å². The zero-order valence-electron chi connectivity index (χ0n) is 16.7. The molecule has 6 heteroatoms. The van der Waals surface area contributed by atoms with Crippen molar-refractivity contribution in [2.24, 2.45) is 0 Å². The molecular weight excluding hydrogens is 374 g/mol. The third-order valence-corrected chi connectivity index (χ3v) is 5.37. The summed E-state index contributed by atoms with van der Waals surface area (Å²) in [5.41, 5.74) is 3.96. The number of carbonyl (C=O) groups is 1. The first kappa shape index (κ1) is 18.4. The Labute approximate surface area is 174 Å². The lowest BCUT2D eigenvalue weighted by atomic mass is 10.0. The van der Waals surface area contributed by atoms with Crippen LogP contribution in [-0.4, -0.2) is 37.8 Å². The number of rotatable bonds is 5. The summed E-state index contributed by atoms with van der Waals surface area (Å²) in [6, 6.07) is 13.4. The minimum atomic E-state index is -0.0535. The van der Waals surface area contributed by atoms with Crippen molar-refractivity contribution >= 4 is 16.8 Å². The molecule has 1 aromatic carbocycles.